The van der Waals surface area contributed by atoms with E-state index in [4.69, 9.17) is 15.7 Å². The summed E-state index contributed by atoms with van der Waals surface area (Å²) in [5, 5.41) is 8.71. The number of rotatable bonds is 3. The first kappa shape index (κ1) is 11.7. The Labute approximate surface area is 102 Å². The van der Waals surface area contributed by atoms with Gasteiger partial charge >= 0.3 is 6.01 Å². The second-order valence-electron chi connectivity index (χ2n) is 3.32. The molecule has 7 heteroatoms. The van der Waals surface area contributed by atoms with Crippen LogP contribution in [0.2, 0.25) is 0 Å². The number of anilines is 1. The van der Waals surface area contributed by atoms with E-state index in [2.05, 4.69) is 15.0 Å². The van der Waals surface area contributed by atoms with E-state index in [-0.39, 0.29) is 18.4 Å². The molecule has 90 valence electrons. The van der Waals surface area contributed by atoms with Crippen LogP contribution in [-0.2, 0) is 6.61 Å². The van der Waals surface area contributed by atoms with E-state index in [9.17, 15) is 4.39 Å². The van der Waals surface area contributed by atoms with Crippen LogP contribution < -0.4 is 10.5 Å². The molecule has 0 atom stereocenters. The molecule has 2 N–H and O–H groups in total. The zero-order valence-electron chi connectivity index (χ0n) is 9.17. The summed E-state index contributed by atoms with van der Waals surface area (Å²) < 4.78 is 18.0. The maximum absolute atomic E-state index is 12.8. The van der Waals surface area contributed by atoms with Crippen molar-refractivity contribution >= 4 is 5.82 Å². The Kier molecular flexibility index (Phi) is 3.29. The maximum atomic E-state index is 12.8. The summed E-state index contributed by atoms with van der Waals surface area (Å²) >= 11 is 0. The summed E-state index contributed by atoms with van der Waals surface area (Å²) in [5.74, 6) is -0.981. The molecule has 0 aliphatic heterocycles. The van der Waals surface area contributed by atoms with Gasteiger partial charge in [0.1, 0.15) is 6.61 Å². The third-order valence-corrected chi connectivity index (χ3v) is 2.04. The standard InChI is InChI=1S/C11H8FN5O/c12-9-5-16-11(17-10(9)14)18-6-8-3-7(4-13)1-2-15-8/h1-3,5H,6H2,(H2,14,16,17). The van der Waals surface area contributed by atoms with E-state index in [1.807, 2.05) is 6.07 Å². The third-order valence-electron chi connectivity index (χ3n) is 2.04. The Morgan fingerprint density at radius 1 is 1.44 bits per heavy atom. The molecule has 0 radical (unpaired) electrons. The van der Waals surface area contributed by atoms with Gasteiger partial charge in [0.15, 0.2) is 11.6 Å². The number of hydrogen-bond acceptors (Lipinski definition) is 6. The second kappa shape index (κ2) is 5.05. The van der Waals surface area contributed by atoms with Crippen molar-refractivity contribution in [1.29, 1.82) is 5.26 Å². The lowest BCUT2D eigenvalue weighted by atomic mass is 10.2. The molecule has 2 aromatic rings. The molecule has 6 nitrogen and oxygen atoms in total. The monoisotopic (exact) mass is 245 g/mol. The van der Waals surface area contributed by atoms with Crippen LogP contribution >= 0.6 is 0 Å². The molecule has 0 saturated heterocycles. The molecule has 2 aromatic heterocycles. The topological polar surface area (TPSA) is 97.7 Å². The van der Waals surface area contributed by atoms with Crippen molar-refractivity contribution in [1.82, 2.24) is 15.0 Å². The average Bonchev–Trinajstić information content (AvgIpc) is 2.40. The van der Waals surface area contributed by atoms with Gasteiger partial charge in [-0.25, -0.2) is 9.37 Å². The number of ether oxygens (including phenoxy) is 1. The van der Waals surface area contributed by atoms with Crippen molar-refractivity contribution in [3.05, 3.63) is 41.6 Å². The Hall–Kier alpha value is -2.75. The third kappa shape index (κ3) is 2.68. The van der Waals surface area contributed by atoms with Gasteiger partial charge in [0.05, 0.1) is 23.5 Å². The lowest BCUT2D eigenvalue weighted by Gasteiger charge is -2.04. The minimum absolute atomic E-state index is 0.0435. The fraction of sp³-hybridized carbons (Fsp3) is 0.0909. The van der Waals surface area contributed by atoms with Gasteiger partial charge in [0.25, 0.3) is 0 Å². The predicted molar refractivity (Wildman–Crippen MR) is 59.7 cm³/mol. The second-order valence-corrected chi connectivity index (χ2v) is 3.32. The molecule has 0 aromatic carbocycles. The SMILES string of the molecule is N#Cc1ccnc(COc2ncc(F)c(N)n2)c1. The van der Waals surface area contributed by atoms with Crippen LogP contribution in [0.5, 0.6) is 6.01 Å². The van der Waals surface area contributed by atoms with E-state index in [1.54, 1.807) is 12.1 Å². The molecular weight excluding hydrogens is 237 g/mol. The fourth-order valence-electron chi connectivity index (χ4n) is 1.20. The number of nitrogens with two attached hydrogens (primary N) is 1. The molecule has 0 aliphatic rings. The highest BCUT2D eigenvalue weighted by atomic mass is 19.1. The Morgan fingerprint density at radius 2 is 2.28 bits per heavy atom. The van der Waals surface area contributed by atoms with Crippen LogP contribution in [0.4, 0.5) is 10.2 Å². The van der Waals surface area contributed by atoms with Crippen molar-refractivity contribution in [3.63, 3.8) is 0 Å². The first-order chi connectivity index (χ1) is 8.69. The number of hydrogen-bond donors (Lipinski definition) is 1. The molecule has 18 heavy (non-hydrogen) atoms. The van der Waals surface area contributed by atoms with Gasteiger partial charge < -0.3 is 10.5 Å². The fourth-order valence-corrected chi connectivity index (χ4v) is 1.20. The number of pyridine rings is 1. The van der Waals surface area contributed by atoms with Crippen LogP contribution in [0.1, 0.15) is 11.3 Å². The highest BCUT2D eigenvalue weighted by Gasteiger charge is 2.05. The molecule has 0 saturated carbocycles. The molecule has 0 bridgehead atoms. The van der Waals surface area contributed by atoms with Crippen LogP contribution in [0.15, 0.2) is 24.5 Å². The summed E-state index contributed by atoms with van der Waals surface area (Å²) in [5.41, 5.74) is 6.29. The highest BCUT2D eigenvalue weighted by Crippen LogP contribution is 2.10. The number of nitriles is 1. The minimum Gasteiger partial charge on any atom is -0.457 e. The Bertz CT molecular complexity index is 611. The zero-order chi connectivity index (χ0) is 13.0. The van der Waals surface area contributed by atoms with Crippen molar-refractivity contribution < 1.29 is 9.13 Å². The lowest BCUT2D eigenvalue weighted by molar-refractivity contribution is 0.275. The number of nitrogens with zero attached hydrogens (tertiary/aromatic N) is 4. The highest BCUT2D eigenvalue weighted by molar-refractivity contribution is 5.30. The minimum atomic E-state index is -0.702. The van der Waals surface area contributed by atoms with Gasteiger partial charge in [-0.1, -0.05) is 0 Å². The Balaban J connectivity index is 2.07. The van der Waals surface area contributed by atoms with Gasteiger partial charge in [0, 0.05) is 6.20 Å². The smallest absolute Gasteiger partial charge is 0.318 e. The van der Waals surface area contributed by atoms with E-state index in [0.717, 1.165) is 6.20 Å². The van der Waals surface area contributed by atoms with Crippen LogP contribution in [0.25, 0.3) is 0 Å². The first-order valence-corrected chi connectivity index (χ1v) is 4.95. The molecule has 2 rings (SSSR count). The zero-order valence-corrected chi connectivity index (χ0v) is 9.17. The summed E-state index contributed by atoms with van der Waals surface area (Å²) in [6.45, 7) is 0.0700. The summed E-state index contributed by atoms with van der Waals surface area (Å²) in [6, 6.07) is 5.10. The molecule has 0 fully saturated rings. The normalized spacial score (nSPS) is 9.78. The average molecular weight is 245 g/mol. The quantitative estimate of drug-likeness (QED) is 0.867. The van der Waals surface area contributed by atoms with Crippen molar-refractivity contribution in [2.45, 2.75) is 6.61 Å². The molecule has 0 amide bonds. The van der Waals surface area contributed by atoms with Gasteiger partial charge in [-0.2, -0.15) is 10.2 Å². The number of nitrogen functional groups attached to an aromatic ring is 1. The molecular formula is C11H8FN5O. The number of aromatic nitrogens is 3. The van der Waals surface area contributed by atoms with Crippen molar-refractivity contribution in [3.8, 4) is 12.1 Å². The van der Waals surface area contributed by atoms with E-state index < -0.39 is 5.82 Å². The number of halogens is 1. The molecule has 0 unspecified atom stereocenters. The summed E-state index contributed by atoms with van der Waals surface area (Å²) in [4.78, 5) is 11.2. The Morgan fingerprint density at radius 3 is 3.00 bits per heavy atom. The van der Waals surface area contributed by atoms with Gasteiger partial charge in [-0.3, -0.25) is 4.98 Å². The largest absolute Gasteiger partial charge is 0.457 e. The van der Waals surface area contributed by atoms with E-state index in [0.29, 0.717) is 11.3 Å². The molecule has 0 aliphatic carbocycles. The molecule has 0 spiro atoms. The van der Waals surface area contributed by atoms with E-state index >= 15 is 0 Å². The van der Waals surface area contributed by atoms with Crippen LogP contribution in [0, 0.1) is 17.1 Å². The van der Waals surface area contributed by atoms with Crippen LogP contribution in [-0.4, -0.2) is 15.0 Å². The van der Waals surface area contributed by atoms with Gasteiger partial charge in [0.2, 0.25) is 0 Å². The van der Waals surface area contributed by atoms with E-state index in [1.165, 1.54) is 6.20 Å². The predicted octanol–water partition coefficient (Wildman–Crippen LogP) is 1.04. The summed E-state index contributed by atoms with van der Waals surface area (Å²) in [7, 11) is 0. The summed E-state index contributed by atoms with van der Waals surface area (Å²) in [6.07, 6.45) is 2.42. The van der Waals surface area contributed by atoms with Crippen LogP contribution in [0.3, 0.4) is 0 Å². The van der Waals surface area contributed by atoms with Crippen molar-refractivity contribution in [2.75, 3.05) is 5.73 Å². The van der Waals surface area contributed by atoms with Gasteiger partial charge in [-0.15, -0.1) is 0 Å². The first-order valence-electron chi connectivity index (χ1n) is 4.95. The maximum Gasteiger partial charge on any atom is 0.318 e. The lowest BCUT2D eigenvalue weighted by Crippen LogP contribution is -2.04. The van der Waals surface area contributed by atoms with Gasteiger partial charge in [-0.05, 0) is 12.1 Å². The molecule has 2 heterocycles. The van der Waals surface area contributed by atoms with Crippen molar-refractivity contribution in [2.24, 2.45) is 0 Å².